The van der Waals surface area contributed by atoms with E-state index >= 15 is 0 Å². The lowest BCUT2D eigenvalue weighted by atomic mass is 10.0. The lowest BCUT2D eigenvalue weighted by Gasteiger charge is -2.14. The van der Waals surface area contributed by atoms with Crippen LogP contribution in [-0.4, -0.2) is 18.8 Å². The number of hydrogen-bond donors (Lipinski definition) is 2. The molecule has 0 bridgehead atoms. The van der Waals surface area contributed by atoms with Crippen LogP contribution in [0.15, 0.2) is 18.2 Å². The van der Waals surface area contributed by atoms with Crippen LogP contribution in [0.1, 0.15) is 18.0 Å². The number of aliphatic hydroxyl groups excluding tert-OH is 1. The molecule has 1 rings (SSSR count). The third-order valence-corrected chi connectivity index (χ3v) is 2.27. The van der Waals surface area contributed by atoms with E-state index in [1.54, 1.807) is 25.3 Å². The summed E-state index contributed by atoms with van der Waals surface area (Å²) >= 11 is 5.84. The highest BCUT2D eigenvalue weighted by molar-refractivity contribution is 6.30. The Hall–Kier alpha value is -0.480. The van der Waals surface area contributed by atoms with Crippen molar-refractivity contribution in [3.8, 4) is 5.75 Å². The second-order valence-electron chi connectivity index (χ2n) is 3.01. The SMILES string of the molecule is COc1ccc(Cl)cc1[C@@H](N)CCO.Cl. The third-order valence-electron chi connectivity index (χ3n) is 2.03. The zero-order valence-electron chi connectivity index (χ0n) is 8.44. The number of nitrogens with two attached hydrogens (primary N) is 1. The highest BCUT2D eigenvalue weighted by Crippen LogP contribution is 2.28. The van der Waals surface area contributed by atoms with Gasteiger partial charge >= 0.3 is 0 Å². The highest BCUT2D eigenvalue weighted by Gasteiger charge is 2.11. The van der Waals surface area contributed by atoms with E-state index in [0.29, 0.717) is 17.2 Å². The van der Waals surface area contributed by atoms with Gasteiger partial charge in [-0.3, -0.25) is 0 Å². The van der Waals surface area contributed by atoms with Gasteiger partial charge in [0.05, 0.1) is 7.11 Å². The van der Waals surface area contributed by atoms with Crippen molar-refractivity contribution in [2.24, 2.45) is 5.73 Å². The van der Waals surface area contributed by atoms with Crippen molar-refractivity contribution in [1.29, 1.82) is 0 Å². The predicted octanol–water partition coefficient (Wildman–Crippen LogP) is 2.15. The van der Waals surface area contributed by atoms with Gasteiger partial charge in [0.15, 0.2) is 0 Å². The summed E-state index contributed by atoms with van der Waals surface area (Å²) in [6, 6.07) is 5.04. The van der Waals surface area contributed by atoms with E-state index in [1.165, 1.54) is 0 Å². The topological polar surface area (TPSA) is 55.5 Å². The number of halogens is 2. The van der Waals surface area contributed by atoms with Crippen molar-refractivity contribution in [1.82, 2.24) is 0 Å². The molecule has 86 valence electrons. The molecule has 0 unspecified atom stereocenters. The molecule has 1 aromatic carbocycles. The summed E-state index contributed by atoms with van der Waals surface area (Å²) in [7, 11) is 1.58. The van der Waals surface area contributed by atoms with Crippen molar-refractivity contribution in [3.63, 3.8) is 0 Å². The van der Waals surface area contributed by atoms with E-state index in [9.17, 15) is 0 Å². The Morgan fingerprint density at radius 2 is 2.20 bits per heavy atom. The Morgan fingerprint density at radius 3 is 2.73 bits per heavy atom. The molecule has 0 saturated carbocycles. The molecule has 0 spiro atoms. The van der Waals surface area contributed by atoms with Crippen molar-refractivity contribution in [3.05, 3.63) is 28.8 Å². The average molecular weight is 252 g/mol. The number of hydrogen-bond acceptors (Lipinski definition) is 3. The van der Waals surface area contributed by atoms with Crippen LogP contribution in [-0.2, 0) is 0 Å². The maximum atomic E-state index is 8.78. The van der Waals surface area contributed by atoms with Gasteiger partial charge in [-0.1, -0.05) is 11.6 Å². The molecule has 0 aliphatic rings. The highest BCUT2D eigenvalue weighted by atomic mass is 35.5. The fourth-order valence-electron chi connectivity index (χ4n) is 1.29. The largest absolute Gasteiger partial charge is 0.496 e. The molecule has 0 radical (unpaired) electrons. The van der Waals surface area contributed by atoms with Gasteiger partial charge in [0.1, 0.15) is 5.75 Å². The summed E-state index contributed by atoms with van der Waals surface area (Å²) in [6.07, 6.45) is 0.497. The second-order valence-corrected chi connectivity index (χ2v) is 3.44. The summed E-state index contributed by atoms with van der Waals surface area (Å²) in [6.45, 7) is 0.0524. The Balaban J connectivity index is 0.00000196. The molecule has 0 heterocycles. The van der Waals surface area contributed by atoms with Crippen molar-refractivity contribution in [2.45, 2.75) is 12.5 Å². The fourth-order valence-corrected chi connectivity index (χ4v) is 1.47. The smallest absolute Gasteiger partial charge is 0.123 e. The van der Waals surface area contributed by atoms with Gasteiger partial charge in [-0.15, -0.1) is 12.4 Å². The summed E-state index contributed by atoms with van der Waals surface area (Å²) in [4.78, 5) is 0. The monoisotopic (exact) mass is 251 g/mol. The number of rotatable bonds is 4. The molecule has 0 aromatic heterocycles. The van der Waals surface area contributed by atoms with E-state index < -0.39 is 0 Å². The molecule has 3 nitrogen and oxygen atoms in total. The molecule has 1 atom stereocenters. The number of ether oxygens (including phenoxy) is 1. The Bertz CT molecular complexity index is 307. The number of benzene rings is 1. The van der Waals surface area contributed by atoms with Gasteiger partial charge in [-0.25, -0.2) is 0 Å². The number of aliphatic hydroxyl groups is 1. The summed E-state index contributed by atoms with van der Waals surface area (Å²) < 4.78 is 5.15. The van der Waals surface area contributed by atoms with Crippen LogP contribution in [0.25, 0.3) is 0 Å². The van der Waals surface area contributed by atoms with E-state index in [2.05, 4.69) is 0 Å². The number of methoxy groups -OCH3 is 1. The van der Waals surface area contributed by atoms with Crippen LogP contribution >= 0.6 is 24.0 Å². The lowest BCUT2D eigenvalue weighted by molar-refractivity contribution is 0.275. The van der Waals surface area contributed by atoms with Crippen LogP contribution in [0, 0.1) is 0 Å². The lowest BCUT2D eigenvalue weighted by Crippen LogP contribution is -2.13. The normalized spacial score (nSPS) is 11.7. The van der Waals surface area contributed by atoms with E-state index in [0.717, 1.165) is 5.56 Å². The van der Waals surface area contributed by atoms with Gasteiger partial charge in [0, 0.05) is 23.2 Å². The Labute approximate surface area is 101 Å². The van der Waals surface area contributed by atoms with E-state index in [-0.39, 0.29) is 25.1 Å². The molecule has 15 heavy (non-hydrogen) atoms. The minimum atomic E-state index is -0.242. The quantitative estimate of drug-likeness (QED) is 0.863. The minimum Gasteiger partial charge on any atom is -0.496 e. The summed E-state index contributed by atoms with van der Waals surface area (Å²) in [5, 5.41) is 9.40. The molecule has 3 N–H and O–H groups in total. The van der Waals surface area contributed by atoms with Gasteiger partial charge in [-0.2, -0.15) is 0 Å². The maximum absolute atomic E-state index is 8.78. The van der Waals surface area contributed by atoms with Gasteiger partial charge in [0.25, 0.3) is 0 Å². The average Bonchev–Trinajstić information content (AvgIpc) is 2.18. The molecule has 1 aromatic rings. The van der Waals surface area contributed by atoms with E-state index in [1.807, 2.05) is 0 Å². The molecule has 0 fully saturated rings. The molecule has 0 saturated heterocycles. The van der Waals surface area contributed by atoms with Gasteiger partial charge in [0.2, 0.25) is 0 Å². The standard InChI is InChI=1S/C10H14ClNO2.ClH/c1-14-10-3-2-7(11)6-8(10)9(12)4-5-13;/h2-3,6,9,13H,4-5,12H2,1H3;1H/t9-;/m0./s1. The van der Waals surface area contributed by atoms with Gasteiger partial charge in [-0.05, 0) is 24.6 Å². The zero-order valence-corrected chi connectivity index (χ0v) is 10.0. The fraction of sp³-hybridized carbons (Fsp3) is 0.400. The second kappa shape index (κ2) is 6.90. The first-order chi connectivity index (χ1) is 6.69. The minimum absolute atomic E-state index is 0. The molecule has 0 amide bonds. The molecular formula is C10H15Cl2NO2. The first kappa shape index (κ1) is 14.5. The molecule has 5 heteroatoms. The predicted molar refractivity (Wildman–Crippen MR) is 63.9 cm³/mol. The van der Waals surface area contributed by atoms with E-state index in [4.69, 9.17) is 27.2 Å². The maximum Gasteiger partial charge on any atom is 0.123 e. The van der Waals surface area contributed by atoms with Crippen LogP contribution in [0.3, 0.4) is 0 Å². The van der Waals surface area contributed by atoms with Crippen molar-refractivity contribution < 1.29 is 9.84 Å². The van der Waals surface area contributed by atoms with Crippen LogP contribution < -0.4 is 10.5 Å². The van der Waals surface area contributed by atoms with Crippen molar-refractivity contribution >= 4 is 24.0 Å². The zero-order chi connectivity index (χ0) is 10.6. The van der Waals surface area contributed by atoms with Gasteiger partial charge < -0.3 is 15.6 Å². The summed E-state index contributed by atoms with van der Waals surface area (Å²) in [5.41, 5.74) is 6.68. The molecule has 0 aliphatic heterocycles. The first-order valence-electron chi connectivity index (χ1n) is 4.39. The third kappa shape index (κ3) is 3.87. The Morgan fingerprint density at radius 1 is 1.53 bits per heavy atom. The van der Waals surface area contributed by atoms with Crippen LogP contribution in [0.5, 0.6) is 5.75 Å². The first-order valence-corrected chi connectivity index (χ1v) is 4.76. The Kier molecular flexibility index (Phi) is 6.68. The molecular weight excluding hydrogens is 237 g/mol. The van der Waals surface area contributed by atoms with Crippen LogP contribution in [0.2, 0.25) is 5.02 Å². The van der Waals surface area contributed by atoms with Crippen molar-refractivity contribution in [2.75, 3.05) is 13.7 Å². The molecule has 0 aliphatic carbocycles. The summed E-state index contributed by atoms with van der Waals surface area (Å²) in [5.74, 6) is 0.704. The van der Waals surface area contributed by atoms with Crippen LogP contribution in [0.4, 0.5) is 0 Å².